The highest BCUT2D eigenvalue weighted by Gasteiger charge is 2.31. The zero-order valence-corrected chi connectivity index (χ0v) is 10.1. The van der Waals surface area contributed by atoms with Gasteiger partial charge in [-0.25, -0.2) is 0 Å². The van der Waals surface area contributed by atoms with Gasteiger partial charge in [0.2, 0.25) is 0 Å². The van der Waals surface area contributed by atoms with E-state index in [2.05, 4.69) is 33.1 Å². The molecule has 2 atom stereocenters. The van der Waals surface area contributed by atoms with Crippen molar-refractivity contribution in [2.75, 3.05) is 0 Å². The van der Waals surface area contributed by atoms with Crippen molar-refractivity contribution < 1.29 is 0 Å². The average Bonchev–Trinajstić information content (AvgIpc) is 2.78. The lowest BCUT2D eigenvalue weighted by Gasteiger charge is -2.26. The first kappa shape index (κ1) is 12.0. The maximum absolute atomic E-state index is 5.58. The summed E-state index contributed by atoms with van der Waals surface area (Å²) >= 11 is 0. The minimum Gasteiger partial charge on any atom is -0.271 e. The van der Waals surface area contributed by atoms with Crippen molar-refractivity contribution in [3.8, 4) is 0 Å². The molecular weight excluding hydrogens is 172 g/mol. The first-order valence-electron chi connectivity index (χ1n) is 5.88. The van der Waals surface area contributed by atoms with Crippen LogP contribution in [0.5, 0.6) is 0 Å². The van der Waals surface area contributed by atoms with Gasteiger partial charge in [-0.05, 0) is 42.9 Å². The summed E-state index contributed by atoms with van der Waals surface area (Å²) in [5.41, 5.74) is 3.43. The second-order valence-electron chi connectivity index (χ2n) is 6.22. The first-order chi connectivity index (χ1) is 6.42. The third kappa shape index (κ3) is 4.43. The van der Waals surface area contributed by atoms with Gasteiger partial charge in [0, 0.05) is 6.04 Å². The molecule has 2 nitrogen and oxygen atoms in total. The quantitative estimate of drug-likeness (QED) is 0.526. The lowest BCUT2D eigenvalue weighted by atomic mass is 9.82. The summed E-state index contributed by atoms with van der Waals surface area (Å²) in [7, 11) is 0. The van der Waals surface area contributed by atoms with Crippen molar-refractivity contribution in [2.45, 2.75) is 59.4 Å². The van der Waals surface area contributed by atoms with Crippen LogP contribution in [0.2, 0.25) is 0 Å². The molecule has 0 aliphatic heterocycles. The molecule has 1 fully saturated rings. The normalized spacial score (nSPS) is 22.1. The van der Waals surface area contributed by atoms with Crippen LogP contribution in [0.1, 0.15) is 53.4 Å². The molecule has 1 rings (SSSR count). The Morgan fingerprint density at radius 1 is 1.36 bits per heavy atom. The van der Waals surface area contributed by atoms with Crippen molar-refractivity contribution in [3.05, 3.63) is 0 Å². The van der Waals surface area contributed by atoms with Crippen molar-refractivity contribution in [3.63, 3.8) is 0 Å². The Bertz CT molecular complexity index is 168. The van der Waals surface area contributed by atoms with E-state index < -0.39 is 0 Å². The molecule has 0 amide bonds. The molecule has 0 aromatic carbocycles. The van der Waals surface area contributed by atoms with Crippen LogP contribution in [-0.2, 0) is 0 Å². The van der Waals surface area contributed by atoms with Crippen LogP contribution < -0.4 is 11.3 Å². The maximum Gasteiger partial charge on any atom is 0.0241 e. The minimum atomic E-state index is 0.447. The Morgan fingerprint density at radius 3 is 2.29 bits per heavy atom. The van der Waals surface area contributed by atoms with Crippen LogP contribution in [0.3, 0.4) is 0 Å². The highest BCUT2D eigenvalue weighted by atomic mass is 15.2. The second-order valence-corrected chi connectivity index (χ2v) is 6.22. The van der Waals surface area contributed by atoms with Crippen LogP contribution in [-0.4, -0.2) is 6.04 Å². The van der Waals surface area contributed by atoms with Crippen molar-refractivity contribution in [1.29, 1.82) is 0 Å². The summed E-state index contributed by atoms with van der Waals surface area (Å²) in [6.45, 7) is 9.28. The predicted octanol–water partition coefficient (Wildman–Crippen LogP) is 2.69. The smallest absolute Gasteiger partial charge is 0.0241 e. The standard InChI is InChI=1S/C12H26N2/c1-9(8-12(2,3)4)7-11(14-13)10-5-6-10/h9-11,14H,5-8,13H2,1-4H3. The minimum absolute atomic E-state index is 0.447. The zero-order chi connectivity index (χ0) is 10.8. The molecule has 3 N–H and O–H groups in total. The second kappa shape index (κ2) is 4.63. The molecule has 1 aliphatic rings. The fourth-order valence-electron chi connectivity index (χ4n) is 2.46. The van der Waals surface area contributed by atoms with Crippen LogP contribution in [0.25, 0.3) is 0 Å². The van der Waals surface area contributed by atoms with E-state index in [0.29, 0.717) is 11.5 Å². The fourth-order valence-corrected chi connectivity index (χ4v) is 2.46. The number of nitrogens with one attached hydrogen (secondary N) is 1. The maximum atomic E-state index is 5.58. The first-order valence-corrected chi connectivity index (χ1v) is 5.88. The summed E-state index contributed by atoms with van der Waals surface area (Å²) in [5, 5.41) is 0. The molecule has 1 aliphatic carbocycles. The molecule has 0 aromatic heterocycles. The van der Waals surface area contributed by atoms with Gasteiger partial charge in [-0.1, -0.05) is 27.7 Å². The van der Waals surface area contributed by atoms with Gasteiger partial charge in [0.1, 0.15) is 0 Å². The van der Waals surface area contributed by atoms with Crippen LogP contribution in [0.15, 0.2) is 0 Å². The zero-order valence-electron chi connectivity index (χ0n) is 10.1. The molecule has 0 aromatic rings. The Hall–Kier alpha value is -0.0800. The van der Waals surface area contributed by atoms with Gasteiger partial charge in [-0.15, -0.1) is 0 Å². The Morgan fingerprint density at radius 2 is 1.93 bits per heavy atom. The van der Waals surface area contributed by atoms with E-state index in [0.717, 1.165) is 11.8 Å². The van der Waals surface area contributed by atoms with E-state index in [1.54, 1.807) is 0 Å². The van der Waals surface area contributed by atoms with E-state index in [4.69, 9.17) is 5.84 Å². The molecular formula is C12H26N2. The molecule has 2 heteroatoms. The number of hydrazine groups is 1. The van der Waals surface area contributed by atoms with Gasteiger partial charge in [0.25, 0.3) is 0 Å². The summed E-state index contributed by atoms with van der Waals surface area (Å²) in [6.07, 6.45) is 5.27. The average molecular weight is 198 g/mol. The molecule has 0 bridgehead atoms. The number of hydrogen-bond donors (Lipinski definition) is 2. The molecule has 2 unspecified atom stereocenters. The Kier molecular flexibility index (Phi) is 3.96. The van der Waals surface area contributed by atoms with E-state index in [9.17, 15) is 0 Å². The van der Waals surface area contributed by atoms with Gasteiger partial charge >= 0.3 is 0 Å². The Balaban J connectivity index is 2.27. The number of hydrogen-bond acceptors (Lipinski definition) is 2. The van der Waals surface area contributed by atoms with Crippen LogP contribution >= 0.6 is 0 Å². The van der Waals surface area contributed by atoms with Gasteiger partial charge < -0.3 is 0 Å². The Labute approximate surface area is 88.6 Å². The van der Waals surface area contributed by atoms with E-state index in [-0.39, 0.29) is 0 Å². The molecule has 1 saturated carbocycles. The third-order valence-corrected chi connectivity index (χ3v) is 3.02. The predicted molar refractivity (Wildman–Crippen MR) is 61.7 cm³/mol. The fraction of sp³-hybridized carbons (Fsp3) is 1.00. The van der Waals surface area contributed by atoms with Crippen LogP contribution in [0.4, 0.5) is 0 Å². The lowest BCUT2D eigenvalue weighted by Crippen LogP contribution is -2.38. The van der Waals surface area contributed by atoms with E-state index in [1.807, 2.05) is 0 Å². The summed E-state index contributed by atoms with van der Waals surface area (Å²) in [5.74, 6) is 7.21. The van der Waals surface area contributed by atoms with Crippen molar-refractivity contribution in [1.82, 2.24) is 5.43 Å². The largest absolute Gasteiger partial charge is 0.271 e. The monoisotopic (exact) mass is 198 g/mol. The van der Waals surface area contributed by atoms with Gasteiger partial charge in [-0.3, -0.25) is 11.3 Å². The highest BCUT2D eigenvalue weighted by molar-refractivity contribution is 4.86. The summed E-state index contributed by atoms with van der Waals surface area (Å²) in [6, 6.07) is 0.562. The lowest BCUT2D eigenvalue weighted by molar-refractivity contribution is 0.267. The summed E-state index contributed by atoms with van der Waals surface area (Å²) < 4.78 is 0. The van der Waals surface area contributed by atoms with Crippen molar-refractivity contribution in [2.24, 2.45) is 23.1 Å². The van der Waals surface area contributed by atoms with Gasteiger partial charge in [0.15, 0.2) is 0 Å². The van der Waals surface area contributed by atoms with E-state index in [1.165, 1.54) is 25.7 Å². The highest BCUT2D eigenvalue weighted by Crippen LogP contribution is 2.36. The molecule has 0 saturated heterocycles. The molecule has 14 heavy (non-hydrogen) atoms. The summed E-state index contributed by atoms with van der Waals surface area (Å²) in [4.78, 5) is 0. The van der Waals surface area contributed by atoms with E-state index >= 15 is 0 Å². The number of rotatable bonds is 5. The SMILES string of the molecule is CC(CC(NN)C1CC1)CC(C)(C)C. The van der Waals surface area contributed by atoms with Gasteiger partial charge in [-0.2, -0.15) is 0 Å². The van der Waals surface area contributed by atoms with Crippen molar-refractivity contribution >= 4 is 0 Å². The topological polar surface area (TPSA) is 38.0 Å². The third-order valence-electron chi connectivity index (χ3n) is 3.02. The number of nitrogens with two attached hydrogens (primary N) is 1. The molecule has 84 valence electrons. The molecule has 0 spiro atoms. The molecule has 0 heterocycles. The molecule has 0 radical (unpaired) electrons. The van der Waals surface area contributed by atoms with Crippen LogP contribution in [0, 0.1) is 17.3 Å². The van der Waals surface area contributed by atoms with Gasteiger partial charge in [0.05, 0.1) is 0 Å².